The molecular weight excluding hydrogens is 188 g/mol. The van der Waals surface area contributed by atoms with Gasteiger partial charge in [0.1, 0.15) is 10.3 Å². The van der Waals surface area contributed by atoms with Crippen molar-refractivity contribution in [1.29, 1.82) is 0 Å². The molecule has 0 spiro atoms. The van der Waals surface area contributed by atoms with Gasteiger partial charge in [-0.3, -0.25) is 0 Å². The van der Waals surface area contributed by atoms with E-state index in [1.807, 2.05) is 26.0 Å². The third kappa shape index (κ3) is 1.90. The van der Waals surface area contributed by atoms with Gasteiger partial charge in [-0.05, 0) is 30.5 Å². The lowest BCUT2D eigenvalue weighted by Crippen LogP contribution is -1.88. The van der Waals surface area contributed by atoms with Gasteiger partial charge in [0.25, 0.3) is 0 Å². The first kappa shape index (κ1) is 9.81. The minimum Gasteiger partial charge on any atom is -0.507 e. The van der Waals surface area contributed by atoms with Crippen LogP contribution in [0.1, 0.15) is 16.7 Å². The topological polar surface area (TPSA) is 20.2 Å². The minimum absolute atomic E-state index is 0.349. The Balaban J connectivity index is 3.21. The Morgan fingerprint density at radius 3 is 1.92 bits per heavy atom. The predicted octanol–water partition coefficient (Wildman–Crippen LogP) is 2.71. The quantitative estimate of drug-likeness (QED) is 0.594. The van der Waals surface area contributed by atoms with E-state index in [1.165, 1.54) is 0 Å². The molecule has 0 saturated heterocycles. The smallest absolute Gasteiger partial charge is 0.121 e. The summed E-state index contributed by atoms with van der Waals surface area (Å²) in [5, 5.41) is 9.45. The van der Waals surface area contributed by atoms with Crippen LogP contribution in [0, 0.1) is 18.4 Å². The van der Waals surface area contributed by atoms with Crippen LogP contribution in [0.5, 0.6) is 5.75 Å². The van der Waals surface area contributed by atoms with Crippen molar-refractivity contribution in [2.75, 3.05) is 0 Å². The van der Waals surface area contributed by atoms with Crippen LogP contribution in [0.4, 0.5) is 0 Å². The van der Waals surface area contributed by atoms with Crippen molar-refractivity contribution >= 4 is 25.3 Å². The average Bonchev–Trinajstić information content (AvgIpc) is 1.99. The number of phenols is 1. The molecule has 1 nitrogen and oxygen atoms in total. The van der Waals surface area contributed by atoms with E-state index in [0.29, 0.717) is 10.3 Å². The van der Waals surface area contributed by atoms with E-state index in [4.69, 9.17) is 0 Å². The van der Waals surface area contributed by atoms with Gasteiger partial charge in [-0.15, -0.1) is 0 Å². The molecule has 3 heteroatoms. The fourth-order valence-electron chi connectivity index (χ4n) is 1.08. The average molecular weight is 199 g/mol. The number of thiol groups is 2. The molecule has 1 aromatic rings. The van der Waals surface area contributed by atoms with E-state index in [1.54, 1.807) is 0 Å². The zero-order chi connectivity index (χ0) is 9.30. The Morgan fingerprint density at radius 2 is 1.58 bits per heavy atom. The number of benzene rings is 1. The van der Waals surface area contributed by atoms with Crippen LogP contribution < -0.4 is 0 Å². The van der Waals surface area contributed by atoms with Crippen LogP contribution in [-0.4, -0.2) is 5.11 Å². The van der Waals surface area contributed by atoms with Gasteiger partial charge in [-0.2, -0.15) is 25.3 Å². The van der Waals surface area contributed by atoms with E-state index in [9.17, 15) is 5.11 Å². The summed E-state index contributed by atoms with van der Waals surface area (Å²) < 4.78 is 0.668. The van der Waals surface area contributed by atoms with Crippen LogP contribution in [0.3, 0.4) is 0 Å². The molecule has 0 bridgehead atoms. The normalized spacial score (nSPS) is 10.8. The Morgan fingerprint density at radius 1 is 1.17 bits per heavy atom. The van der Waals surface area contributed by atoms with Crippen molar-refractivity contribution < 1.29 is 5.11 Å². The SMILES string of the molecule is Cc1cc([C](S)S)cc(C)c1O. The van der Waals surface area contributed by atoms with Gasteiger partial charge in [0.2, 0.25) is 0 Å². The Hall–Kier alpha value is -0.280. The van der Waals surface area contributed by atoms with Gasteiger partial charge in [0, 0.05) is 0 Å². The second-order valence-electron chi connectivity index (χ2n) is 2.78. The van der Waals surface area contributed by atoms with E-state index < -0.39 is 0 Å². The van der Waals surface area contributed by atoms with Gasteiger partial charge >= 0.3 is 0 Å². The van der Waals surface area contributed by atoms with E-state index >= 15 is 0 Å². The van der Waals surface area contributed by atoms with E-state index in [-0.39, 0.29) is 0 Å². The molecule has 0 aromatic heterocycles. The fraction of sp³-hybridized carbons (Fsp3) is 0.222. The predicted molar refractivity (Wildman–Crippen MR) is 57.9 cm³/mol. The van der Waals surface area contributed by atoms with Gasteiger partial charge < -0.3 is 5.11 Å². The maximum Gasteiger partial charge on any atom is 0.121 e. The number of hydrogen-bond acceptors (Lipinski definition) is 3. The van der Waals surface area contributed by atoms with Crippen molar-refractivity contribution in [1.82, 2.24) is 0 Å². The lowest BCUT2D eigenvalue weighted by atomic mass is 10.1. The minimum atomic E-state index is 0.349. The van der Waals surface area contributed by atoms with Crippen LogP contribution in [0.2, 0.25) is 0 Å². The number of rotatable bonds is 1. The summed E-state index contributed by atoms with van der Waals surface area (Å²) in [5.74, 6) is 0.349. The summed E-state index contributed by atoms with van der Waals surface area (Å²) in [6.07, 6.45) is 0. The van der Waals surface area contributed by atoms with Crippen LogP contribution >= 0.6 is 25.3 Å². The summed E-state index contributed by atoms with van der Waals surface area (Å²) in [5.41, 5.74) is 2.64. The molecule has 0 aliphatic carbocycles. The van der Waals surface area contributed by atoms with Gasteiger partial charge in [-0.25, -0.2) is 0 Å². The molecular formula is C9H11OS2. The van der Waals surface area contributed by atoms with Gasteiger partial charge in [-0.1, -0.05) is 12.1 Å². The molecule has 1 rings (SSSR count). The van der Waals surface area contributed by atoms with E-state index in [2.05, 4.69) is 25.3 Å². The molecule has 12 heavy (non-hydrogen) atoms. The number of phenolic OH excluding ortho intramolecular Hbond substituents is 1. The molecule has 65 valence electrons. The number of aryl methyl sites for hydroxylation is 2. The molecule has 0 heterocycles. The summed E-state index contributed by atoms with van der Waals surface area (Å²) in [4.78, 5) is 0. The first-order chi connectivity index (χ1) is 5.52. The summed E-state index contributed by atoms with van der Waals surface area (Å²) in [6.45, 7) is 3.71. The Kier molecular flexibility index (Phi) is 2.96. The number of aromatic hydroxyl groups is 1. The third-order valence-electron chi connectivity index (χ3n) is 1.75. The molecule has 0 aliphatic heterocycles. The zero-order valence-electron chi connectivity index (χ0n) is 7.00. The van der Waals surface area contributed by atoms with Crippen LogP contribution in [0.25, 0.3) is 0 Å². The van der Waals surface area contributed by atoms with Crippen molar-refractivity contribution in [2.24, 2.45) is 0 Å². The summed E-state index contributed by atoms with van der Waals surface area (Å²) in [6, 6.07) is 3.72. The maximum atomic E-state index is 9.45. The maximum absolute atomic E-state index is 9.45. The third-order valence-corrected chi connectivity index (χ3v) is 2.27. The number of hydrogen-bond donors (Lipinski definition) is 3. The van der Waals surface area contributed by atoms with Crippen molar-refractivity contribution in [3.8, 4) is 5.75 Å². The lowest BCUT2D eigenvalue weighted by molar-refractivity contribution is 0.467. The summed E-state index contributed by atoms with van der Waals surface area (Å²) in [7, 11) is 0. The molecule has 1 N–H and O–H groups in total. The van der Waals surface area contributed by atoms with E-state index in [0.717, 1.165) is 16.7 Å². The van der Waals surface area contributed by atoms with Gasteiger partial charge in [0.05, 0.1) is 0 Å². The lowest BCUT2D eigenvalue weighted by Gasteiger charge is -2.08. The molecule has 0 atom stereocenters. The molecule has 0 aliphatic rings. The van der Waals surface area contributed by atoms with Crippen molar-refractivity contribution in [3.05, 3.63) is 33.4 Å². The van der Waals surface area contributed by atoms with Crippen molar-refractivity contribution in [3.63, 3.8) is 0 Å². The standard InChI is InChI=1S/C9H11OS2/c1-5-3-7(9(11)12)4-6(2)8(5)10/h3-4,10-12H,1-2H3. The van der Waals surface area contributed by atoms with Crippen LogP contribution in [0.15, 0.2) is 12.1 Å². The highest BCUT2D eigenvalue weighted by molar-refractivity contribution is 8.03. The first-order valence-electron chi connectivity index (χ1n) is 3.58. The molecule has 1 radical (unpaired) electrons. The highest BCUT2D eigenvalue weighted by atomic mass is 32.2. The van der Waals surface area contributed by atoms with Crippen LogP contribution in [-0.2, 0) is 0 Å². The fourth-order valence-corrected chi connectivity index (χ4v) is 1.34. The molecule has 0 saturated carbocycles. The zero-order valence-corrected chi connectivity index (χ0v) is 8.79. The Bertz CT molecular complexity index is 272. The molecule has 0 fully saturated rings. The largest absolute Gasteiger partial charge is 0.507 e. The van der Waals surface area contributed by atoms with Gasteiger partial charge in [0.15, 0.2) is 0 Å². The monoisotopic (exact) mass is 199 g/mol. The molecule has 0 amide bonds. The second-order valence-corrected chi connectivity index (χ2v) is 4.03. The highest BCUT2D eigenvalue weighted by Crippen LogP contribution is 2.29. The molecule has 0 unspecified atom stereocenters. The first-order valence-corrected chi connectivity index (χ1v) is 4.47. The van der Waals surface area contributed by atoms with Crippen molar-refractivity contribution in [2.45, 2.75) is 13.8 Å². The highest BCUT2D eigenvalue weighted by Gasteiger charge is 2.06. The second kappa shape index (κ2) is 3.62. The Labute approximate surface area is 83.6 Å². The molecule has 1 aromatic carbocycles. The summed E-state index contributed by atoms with van der Waals surface area (Å²) >= 11 is 8.23.